The molecule has 174 valence electrons. The van der Waals surface area contributed by atoms with Crippen LogP contribution in [0, 0.1) is 0 Å². The first-order valence-corrected chi connectivity index (χ1v) is 11.2. The van der Waals surface area contributed by atoms with Gasteiger partial charge in [-0.25, -0.2) is 9.97 Å². The second-order valence-electron chi connectivity index (χ2n) is 7.64. The van der Waals surface area contributed by atoms with E-state index in [1.165, 1.54) is 4.68 Å². The van der Waals surface area contributed by atoms with E-state index in [0.717, 1.165) is 11.6 Å². The molecule has 2 aromatic heterocycles. The molecule has 5 rings (SSSR count). The summed E-state index contributed by atoms with van der Waals surface area (Å²) in [7, 11) is 0. The Morgan fingerprint density at radius 1 is 0.629 bits per heavy atom. The third-order valence-corrected chi connectivity index (χ3v) is 5.76. The molecule has 0 saturated carbocycles. The van der Waals surface area contributed by atoms with E-state index in [1.807, 2.05) is 0 Å². The maximum Gasteiger partial charge on any atom is 0.433 e. The molecule has 2 heterocycles. The van der Waals surface area contributed by atoms with E-state index >= 15 is 0 Å². The molecule has 0 aliphatic carbocycles. The van der Waals surface area contributed by atoms with Crippen LogP contribution in [0.5, 0.6) is 0 Å². The third kappa shape index (κ3) is 4.92. The van der Waals surface area contributed by atoms with Gasteiger partial charge in [0.15, 0.2) is 5.69 Å². The molecule has 35 heavy (non-hydrogen) atoms. The van der Waals surface area contributed by atoms with Crippen LogP contribution in [0.15, 0.2) is 91.0 Å². The van der Waals surface area contributed by atoms with Gasteiger partial charge in [-0.2, -0.15) is 23.0 Å². The van der Waals surface area contributed by atoms with Crippen molar-refractivity contribution in [1.29, 1.82) is 0 Å². The molecule has 0 unspecified atom stereocenters. The van der Waals surface area contributed by atoms with Gasteiger partial charge < -0.3 is 0 Å². The summed E-state index contributed by atoms with van der Waals surface area (Å²) in [5.74, 6) is -0.205. The van der Waals surface area contributed by atoms with Crippen molar-refractivity contribution >= 4 is 23.2 Å². The van der Waals surface area contributed by atoms with Gasteiger partial charge >= 0.3 is 6.18 Å². The summed E-state index contributed by atoms with van der Waals surface area (Å²) in [5, 5.41) is 5.67. The Bertz CT molecular complexity index is 1480. The van der Waals surface area contributed by atoms with Crippen LogP contribution in [0.2, 0.25) is 10.0 Å². The highest BCUT2D eigenvalue weighted by Gasteiger charge is 2.34. The van der Waals surface area contributed by atoms with Crippen LogP contribution >= 0.6 is 23.2 Å². The fraction of sp³-hybridized carbons (Fsp3) is 0.0385. The summed E-state index contributed by atoms with van der Waals surface area (Å²) < 4.78 is 42.7. The third-order valence-electron chi connectivity index (χ3n) is 5.25. The zero-order valence-electron chi connectivity index (χ0n) is 17.8. The van der Waals surface area contributed by atoms with E-state index in [4.69, 9.17) is 23.2 Å². The second kappa shape index (κ2) is 9.17. The zero-order chi connectivity index (χ0) is 24.6. The number of nitrogens with zero attached hydrogens (tertiary/aromatic N) is 4. The number of alkyl halides is 3. The summed E-state index contributed by atoms with van der Waals surface area (Å²) in [5.41, 5.74) is 2.04. The molecule has 0 bridgehead atoms. The number of hydrogen-bond acceptors (Lipinski definition) is 3. The maximum absolute atomic E-state index is 13.8. The lowest BCUT2D eigenvalue weighted by atomic mass is 10.1. The van der Waals surface area contributed by atoms with E-state index in [9.17, 15) is 13.2 Å². The Morgan fingerprint density at radius 2 is 1.20 bits per heavy atom. The monoisotopic (exact) mass is 510 g/mol. The Hall–Kier alpha value is -3.68. The molecule has 4 nitrogen and oxygen atoms in total. The molecule has 0 aliphatic heterocycles. The average Bonchev–Trinajstić information content (AvgIpc) is 3.30. The van der Waals surface area contributed by atoms with Crippen LogP contribution < -0.4 is 0 Å². The van der Waals surface area contributed by atoms with Crippen molar-refractivity contribution in [1.82, 2.24) is 19.7 Å². The van der Waals surface area contributed by atoms with Crippen LogP contribution in [-0.4, -0.2) is 19.7 Å². The van der Waals surface area contributed by atoms with Crippen molar-refractivity contribution in [2.75, 3.05) is 0 Å². The van der Waals surface area contributed by atoms with Crippen LogP contribution in [0.25, 0.3) is 39.7 Å². The number of rotatable bonds is 4. The molecule has 0 radical (unpaired) electrons. The van der Waals surface area contributed by atoms with Gasteiger partial charge in [0.05, 0.1) is 17.1 Å². The molecule has 5 aromatic rings. The van der Waals surface area contributed by atoms with Crippen LogP contribution in [0.3, 0.4) is 0 Å². The summed E-state index contributed by atoms with van der Waals surface area (Å²) >= 11 is 12.1. The topological polar surface area (TPSA) is 43.6 Å². The van der Waals surface area contributed by atoms with Crippen LogP contribution in [0.1, 0.15) is 5.69 Å². The molecule has 0 atom stereocenters. The molecule has 3 aromatic carbocycles. The highest BCUT2D eigenvalue weighted by atomic mass is 35.5. The van der Waals surface area contributed by atoms with E-state index in [2.05, 4.69) is 15.1 Å². The molecule has 0 aliphatic rings. The van der Waals surface area contributed by atoms with Gasteiger partial charge in [0, 0.05) is 26.7 Å². The summed E-state index contributed by atoms with van der Waals surface area (Å²) in [4.78, 5) is 8.30. The predicted molar refractivity (Wildman–Crippen MR) is 130 cm³/mol. The summed E-state index contributed by atoms with van der Waals surface area (Å²) in [6.07, 6.45) is -4.67. The van der Waals surface area contributed by atoms with Crippen molar-refractivity contribution in [3.8, 4) is 39.7 Å². The van der Waals surface area contributed by atoms with Gasteiger partial charge in [-0.3, -0.25) is 0 Å². The lowest BCUT2D eigenvalue weighted by Crippen LogP contribution is -2.14. The highest BCUT2D eigenvalue weighted by Crippen LogP contribution is 2.33. The predicted octanol–water partition coefficient (Wildman–Crippen LogP) is 7.99. The molecule has 0 amide bonds. The number of halogens is 5. The molecular weight excluding hydrogens is 496 g/mol. The van der Waals surface area contributed by atoms with Gasteiger partial charge in [-0.1, -0.05) is 77.8 Å². The second-order valence-corrected chi connectivity index (χ2v) is 8.52. The zero-order valence-corrected chi connectivity index (χ0v) is 19.4. The lowest BCUT2D eigenvalue weighted by molar-refractivity contribution is -0.141. The van der Waals surface area contributed by atoms with Gasteiger partial charge in [-0.15, -0.1) is 0 Å². The summed E-state index contributed by atoms with van der Waals surface area (Å²) in [6.45, 7) is 0. The van der Waals surface area contributed by atoms with Crippen LogP contribution in [-0.2, 0) is 6.18 Å². The first-order chi connectivity index (χ1) is 16.8. The van der Waals surface area contributed by atoms with Gasteiger partial charge in [0.1, 0.15) is 0 Å². The van der Waals surface area contributed by atoms with E-state index < -0.39 is 11.9 Å². The van der Waals surface area contributed by atoms with E-state index in [0.29, 0.717) is 32.6 Å². The van der Waals surface area contributed by atoms with Crippen molar-refractivity contribution < 1.29 is 13.2 Å². The van der Waals surface area contributed by atoms with Crippen molar-refractivity contribution in [3.05, 3.63) is 107 Å². The SMILES string of the molecule is FC(F)(F)c1cc(-c2ccccc2)nc(-n2nc(-c3ccc(Cl)cc3)cc2-c2ccc(Cl)cc2)n1. The maximum atomic E-state index is 13.8. The first kappa shape index (κ1) is 23.1. The minimum Gasteiger partial charge on any atom is -0.211 e. The normalized spacial score (nSPS) is 11.6. The number of benzene rings is 3. The molecule has 0 saturated heterocycles. The Kier molecular flexibility index (Phi) is 6.05. The molecular formula is C26H15Cl2F3N4. The van der Waals surface area contributed by atoms with Gasteiger partial charge in [-0.05, 0) is 36.4 Å². The average molecular weight is 511 g/mol. The van der Waals surface area contributed by atoms with Crippen LogP contribution in [0.4, 0.5) is 13.2 Å². The van der Waals surface area contributed by atoms with E-state index in [-0.39, 0.29) is 11.6 Å². The largest absolute Gasteiger partial charge is 0.433 e. The standard InChI is InChI=1S/C26H15Cl2F3N4/c27-19-10-6-17(7-11-19)22-14-23(18-8-12-20(28)13-9-18)35(34-22)25-32-21(16-4-2-1-3-5-16)15-24(33-25)26(29,30)31/h1-15H. The van der Waals surface area contributed by atoms with Crippen molar-refractivity contribution in [2.45, 2.75) is 6.18 Å². The fourth-order valence-electron chi connectivity index (χ4n) is 3.55. The minimum absolute atomic E-state index is 0.133. The van der Waals surface area contributed by atoms with Gasteiger partial charge in [0.25, 0.3) is 5.95 Å². The highest BCUT2D eigenvalue weighted by molar-refractivity contribution is 6.30. The fourth-order valence-corrected chi connectivity index (χ4v) is 3.80. The minimum atomic E-state index is -4.67. The smallest absolute Gasteiger partial charge is 0.211 e. The lowest BCUT2D eigenvalue weighted by Gasteiger charge is -2.12. The number of hydrogen-bond donors (Lipinski definition) is 0. The summed E-state index contributed by atoms with van der Waals surface area (Å²) in [6, 6.07) is 25.2. The van der Waals surface area contributed by atoms with Crippen molar-refractivity contribution in [2.24, 2.45) is 0 Å². The number of aromatic nitrogens is 4. The Morgan fingerprint density at radius 3 is 1.80 bits per heavy atom. The van der Waals surface area contributed by atoms with Gasteiger partial charge in [0.2, 0.25) is 0 Å². The quantitative estimate of drug-likeness (QED) is 0.246. The Labute approximate surface area is 208 Å². The molecule has 0 spiro atoms. The molecule has 9 heteroatoms. The first-order valence-electron chi connectivity index (χ1n) is 10.4. The van der Waals surface area contributed by atoms with E-state index in [1.54, 1.807) is 84.9 Å². The van der Waals surface area contributed by atoms with Crippen molar-refractivity contribution in [3.63, 3.8) is 0 Å². The molecule has 0 N–H and O–H groups in total. The Balaban J connectivity index is 1.75. The molecule has 0 fully saturated rings.